The van der Waals surface area contributed by atoms with Gasteiger partial charge in [-0.3, -0.25) is 0 Å². The molecule has 1 spiro atoms. The Hall–Kier alpha value is -5.66. The quantitative estimate of drug-likeness (QED) is 0.0641. The molecule has 6 aliphatic carbocycles. The van der Waals surface area contributed by atoms with Crippen molar-refractivity contribution in [3.63, 3.8) is 0 Å². The predicted molar refractivity (Wildman–Crippen MR) is 336 cm³/mol. The van der Waals surface area contributed by atoms with Crippen LogP contribution in [0.15, 0.2) is 131 Å². The summed E-state index contributed by atoms with van der Waals surface area (Å²) >= 11 is 0. The van der Waals surface area contributed by atoms with E-state index in [0.29, 0.717) is 55.0 Å². The number of fused-ring (bicyclic) bond motifs is 5. The van der Waals surface area contributed by atoms with Crippen LogP contribution in [0.1, 0.15) is 163 Å². The molecule has 3 saturated carbocycles. The van der Waals surface area contributed by atoms with Gasteiger partial charge >= 0.3 is 11.9 Å². The average molecular weight is 1150 g/mol. The van der Waals surface area contributed by atoms with E-state index in [4.69, 9.17) is 9.47 Å². The fourth-order valence-electron chi connectivity index (χ4n) is 18.3. The Morgan fingerprint density at radius 1 is 0.812 bits per heavy atom. The van der Waals surface area contributed by atoms with E-state index in [9.17, 15) is 10.2 Å². The molecular formula is C74H93N5O6. The first-order chi connectivity index (χ1) is 41.3. The second-order valence-electron chi connectivity index (χ2n) is 27.9. The number of hydrogen-bond donors (Lipinski definition) is 7. The van der Waals surface area contributed by atoms with Crippen molar-refractivity contribution in [3.8, 4) is 16.9 Å². The van der Waals surface area contributed by atoms with Crippen LogP contribution >= 0.6 is 0 Å². The molecule has 11 aliphatic rings. The summed E-state index contributed by atoms with van der Waals surface area (Å²) in [6, 6.07) is 32.6. The normalized spacial score (nSPS) is 30.9. The first-order valence-corrected chi connectivity index (χ1v) is 33.0. The van der Waals surface area contributed by atoms with Crippen molar-refractivity contribution in [1.29, 1.82) is 0 Å². The number of phenolic OH excluding ortho intramolecular Hbond substituents is 1. The largest absolute Gasteiger partial charge is 0.508 e. The number of allylic oxidation sites excluding steroid dienone is 5. The molecule has 0 radical (unpaired) electrons. The van der Waals surface area contributed by atoms with Crippen LogP contribution in [0.4, 0.5) is 0 Å². The summed E-state index contributed by atoms with van der Waals surface area (Å²) in [4.78, 5) is 30.7. The minimum Gasteiger partial charge on any atom is -0.508 e. The summed E-state index contributed by atoms with van der Waals surface area (Å²) in [7, 11) is 2.07. The monoisotopic (exact) mass is 1150 g/mol. The van der Waals surface area contributed by atoms with E-state index < -0.39 is 11.5 Å². The first-order valence-electron chi connectivity index (χ1n) is 33.0. The van der Waals surface area contributed by atoms with Gasteiger partial charge in [-0.05, 0) is 251 Å². The maximum Gasteiger partial charge on any atom is 0.340 e. The SMILES string of the molecule is CCC(C=C1OC(=O)C2=C3c4cc(O)ccc4-c4cccc(c4)CNCCc4cc(cc(C5(NCC(C)C)CCCC5)c4)C(NCC(C)O)C4CCC(C5CCNC(NC)C5)(CC=C5OC(=O)C6=C5CCC5C3CCC12C65)C4)Cc1ccccc1. The Bertz CT molecular complexity index is 3300. The van der Waals surface area contributed by atoms with Crippen LogP contribution in [0.5, 0.6) is 5.75 Å². The van der Waals surface area contributed by atoms with Gasteiger partial charge in [-0.2, -0.15) is 0 Å². The number of benzene rings is 4. The van der Waals surface area contributed by atoms with Gasteiger partial charge in [-0.25, -0.2) is 9.59 Å². The molecule has 5 heterocycles. The van der Waals surface area contributed by atoms with Crippen LogP contribution in [0.2, 0.25) is 0 Å². The van der Waals surface area contributed by atoms with E-state index in [0.717, 1.165) is 148 Å². The number of nitrogens with one attached hydrogen (secondary N) is 5. The molecule has 11 heteroatoms. The highest BCUT2D eigenvalue weighted by atomic mass is 16.6. The minimum absolute atomic E-state index is 0.0313. The van der Waals surface area contributed by atoms with Crippen LogP contribution in [0.3, 0.4) is 0 Å². The van der Waals surface area contributed by atoms with Crippen molar-refractivity contribution in [2.24, 2.45) is 52.3 Å². The molecule has 2 saturated heterocycles. The smallest absolute Gasteiger partial charge is 0.340 e. The minimum atomic E-state index is -0.893. The number of esters is 2. The van der Waals surface area contributed by atoms with E-state index in [-0.39, 0.29) is 64.5 Å². The zero-order valence-corrected chi connectivity index (χ0v) is 51.2. The average Bonchev–Trinajstić information content (AvgIpc) is 1.64. The van der Waals surface area contributed by atoms with Crippen LogP contribution in [0, 0.1) is 52.3 Å². The summed E-state index contributed by atoms with van der Waals surface area (Å²) in [5.74, 6) is 2.02. The van der Waals surface area contributed by atoms with Gasteiger partial charge in [-0.1, -0.05) is 106 Å². The van der Waals surface area contributed by atoms with Crippen LogP contribution < -0.4 is 26.6 Å². The third kappa shape index (κ3) is 10.9. The van der Waals surface area contributed by atoms with E-state index in [2.05, 4.69) is 139 Å². The molecule has 11 unspecified atom stereocenters. The number of carbonyl (C=O) groups is 2. The molecule has 450 valence electrons. The van der Waals surface area contributed by atoms with Crippen molar-refractivity contribution in [2.45, 2.75) is 167 Å². The standard InChI is InChI=1S/C74H93N5O6/c1-6-47(33-48-13-8-7-9-14-48)37-63-74-30-22-58-59-19-20-60-62(84-70(82)66(60)67(59)74)23-29-72(54-25-32-77-64(39-54)75-5)28-21-52(41-72)69(78-43-46(4)80)53-34-49(36-55(38-53)73(26-10-11-27-73)79-42-45(2)3)24-31-76-44-50-15-12-16-51(35-50)57-18-17-56(81)40-61(57)65(58)68(74)71(83)85-63/h7-9,12-18,23,34-38,40,45-47,52,54,58-59,64,67,69,75-81H,6,10-11,19-22,24-33,39,41-44H2,1-5H3. The van der Waals surface area contributed by atoms with Crippen LogP contribution in [-0.2, 0) is 44.0 Å². The maximum absolute atomic E-state index is 15.4. The third-order valence-electron chi connectivity index (χ3n) is 22.4. The van der Waals surface area contributed by atoms with Crippen LogP contribution in [-0.4, -0.2) is 67.6 Å². The van der Waals surface area contributed by atoms with E-state index in [1.165, 1.54) is 35.1 Å². The van der Waals surface area contributed by atoms with Gasteiger partial charge in [0.05, 0.1) is 23.3 Å². The van der Waals surface area contributed by atoms with Crippen molar-refractivity contribution < 1.29 is 29.3 Å². The Morgan fingerprint density at radius 2 is 1.66 bits per heavy atom. The maximum atomic E-state index is 15.4. The Labute approximate surface area is 505 Å². The zero-order chi connectivity index (χ0) is 58.6. The van der Waals surface area contributed by atoms with Gasteiger partial charge in [0.25, 0.3) is 0 Å². The number of aromatic hydroxyl groups is 1. The molecular weight excluding hydrogens is 1050 g/mol. The number of cyclic esters (lactones) is 1. The number of hydrogen-bond acceptors (Lipinski definition) is 11. The molecule has 0 aromatic heterocycles. The summed E-state index contributed by atoms with van der Waals surface area (Å²) in [5, 5.41) is 42.0. The van der Waals surface area contributed by atoms with Crippen molar-refractivity contribution in [1.82, 2.24) is 26.6 Å². The van der Waals surface area contributed by atoms with Crippen molar-refractivity contribution in [2.75, 3.05) is 33.2 Å². The second-order valence-corrected chi connectivity index (χ2v) is 27.9. The highest BCUT2D eigenvalue weighted by Crippen LogP contribution is 2.72. The second kappa shape index (κ2) is 24.1. The Morgan fingerprint density at radius 3 is 2.46 bits per heavy atom. The third-order valence-corrected chi connectivity index (χ3v) is 22.4. The molecule has 11 nitrogen and oxygen atoms in total. The number of piperidine rings is 1. The van der Waals surface area contributed by atoms with Gasteiger partial charge in [0.2, 0.25) is 0 Å². The summed E-state index contributed by atoms with van der Waals surface area (Å²) in [6.07, 6.45) is 20.6. The fraction of sp³-hybridized carbons (Fsp3) is 0.541. The molecule has 14 bridgehead atoms. The fourth-order valence-corrected chi connectivity index (χ4v) is 18.3. The molecule has 4 aromatic carbocycles. The summed E-state index contributed by atoms with van der Waals surface area (Å²) in [6.45, 7) is 12.6. The van der Waals surface area contributed by atoms with Gasteiger partial charge in [0.1, 0.15) is 17.3 Å². The van der Waals surface area contributed by atoms with Crippen molar-refractivity contribution >= 4 is 17.5 Å². The van der Waals surface area contributed by atoms with Crippen LogP contribution in [0.25, 0.3) is 16.7 Å². The highest BCUT2D eigenvalue weighted by molar-refractivity contribution is 6.07. The van der Waals surface area contributed by atoms with Gasteiger partial charge in [0.15, 0.2) is 0 Å². The molecule has 85 heavy (non-hydrogen) atoms. The number of rotatable bonds is 13. The molecule has 15 rings (SSSR count). The summed E-state index contributed by atoms with van der Waals surface area (Å²) < 4.78 is 13.5. The lowest BCUT2D eigenvalue weighted by Gasteiger charge is -2.56. The molecule has 7 N–H and O–H groups in total. The first kappa shape index (κ1) is 58.4. The lowest BCUT2D eigenvalue weighted by molar-refractivity contribution is -0.135. The van der Waals surface area contributed by atoms with Gasteiger partial charge in [0, 0.05) is 41.7 Å². The molecule has 0 amide bonds. The zero-order valence-electron chi connectivity index (χ0n) is 51.2. The number of aliphatic hydroxyl groups excluding tert-OH is 1. The molecule has 5 aliphatic heterocycles. The predicted octanol–water partition coefficient (Wildman–Crippen LogP) is 12.8. The van der Waals surface area contributed by atoms with Gasteiger partial charge in [-0.15, -0.1) is 0 Å². The molecule has 11 atom stereocenters. The van der Waals surface area contributed by atoms with E-state index in [1.54, 1.807) is 6.07 Å². The number of phenols is 1. The Kier molecular flexibility index (Phi) is 16.6. The molecule has 4 aromatic rings. The number of ether oxygens (including phenoxy) is 2. The highest BCUT2D eigenvalue weighted by Gasteiger charge is 2.69. The summed E-state index contributed by atoms with van der Waals surface area (Å²) in [5.41, 5.74) is 11.7. The Balaban J connectivity index is 0.976. The lowest BCUT2D eigenvalue weighted by Crippen LogP contribution is -2.52. The topological polar surface area (TPSA) is 153 Å². The van der Waals surface area contributed by atoms with E-state index in [1.807, 2.05) is 19.1 Å². The van der Waals surface area contributed by atoms with E-state index >= 15 is 9.59 Å². The lowest BCUT2D eigenvalue weighted by atomic mass is 9.44. The number of carbonyl (C=O) groups excluding carboxylic acids is 2. The number of aliphatic hydroxyl groups is 1. The molecule has 5 fully saturated rings. The van der Waals surface area contributed by atoms with Gasteiger partial charge < -0.3 is 46.3 Å². The van der Waals surface area contributed by atoms with Crippen molar-refractivity contribution in [3.05, 3.63) is 165 Å².